The molecule has 8 atom stereocenters. The summed E-state index contributed by atoms with van der Waals surface area (Å²) in [6.45, 7) is 15.0. The minimum atomic E-state index is 0.312. The molecule has 0 aromatic carbocycles. The Morgan fingerprint density at radius 3 is 2.50 bits per heavy atom. The first-order chi connectivity index (χ1) is 14.2. The summed E-state index contributed by atoms with van der Waals surface area (Å²) in [7, 11) is 0. The normalized spacial score (nSPS) is 44.3. The Balaban J connectivity index is 1.56. The lowest BCUT2D eigenvalue weighted by Gasteiger charge is -2.61. The Morgan fingerprint density at radius 2 is 1.80 bits per heavy atom. The van der Waals surface area contributed by atoms with E-state index in [2.05, 4.69) is 47.6 Å². The van der Waals surface area contributed by atoms with Crippen LogP contribution in [0.15, 0.2) is 11.6 Å². The van der Waals surface area contributed by atoms with Gasteiger partial charge in [-0.25, -0.2) is 0 Å². The molecule has 0 radical (unpaired) electrons. The maximum absolute atomic E-state index is 12.2. The van der Waals surface area contributed by atoms with Crippen molar-refractivity contribution in [1.82, 2.24) is 0 Å². The van der Waals surface area contributed by atoms with E-state index in [1.165, 1.54) is 63.4 Å². The van der Waals surface area contributed by atoms with Gasteiger partial charge in [-0.1, -0.05) is 72.8 Å². The van der Waals surface area contributed by atoms with Gasteiger partial charge in [0.05, 0.1) is 0 Å². The Hall–Kier alpha value is -0.590. The molecule has 1 unspecified atom stereocenters. The van der Waals surface area contributed by atoms with E-state index in [-0.39, 0.29) is 0 Å². The summed E-state index contributed by atoms with van der Waals surface area (Å²) < 4.78 is 0. The number of fused-ring (bicyclic) bond motifs is 5. The van der Waals surface area contributed by atoms with Crippen LogP contribution >= 0.6 is 0 Å². The lowest BCUT2D eigenvalue weighted by molar-refractivity contribution is -0.119. The van der Waals surface area contributed by atoms with E-state index in [4.69, 9.17) is 0 Å². The highest BCUT2D eigenvalue weighted by molar-refractivity contribution is 5.91. The average molecular weight is 413 g/mol. The quantitative estimate of drug-likeness (QED) is 0.429. The number of ketones is 1. The van der Waals surface area contributed by atoms with Crippen LogP contribution in [-0.4, -0.2) is 5.78 Å². The highest BCUT2D eigenvalue weighted by Crippen LogP contribution is 2.69. The topological polar surface area (TPSA) is 17.1 Å². The van der Waals surface area contributed by atoms with Crippen molar-refractivity contribution in [2.45, 2.75) is 112 Å². The minimum absolute atomic E-state index is 0.312. The molecule has 4 rings (SSSR count). The molecule has 3 fully saturated rings. The largest absolute Gasteiger partial charge is 0.295 e. The Morgan fingerprint density at radius 1 is 1.03 bits per heavy atom. The maximum atomic E-state index is 12.2. The summed E-state index contributed by atoms with van der Waals surface area (Å²) in [5.74, 6) is 6.52. The van der Waals surface area contributed by atoms with Gasteiger partial charge in [0, 0.05) is 6.42 Å². The number of allylic oxidation sites excluding steroid dienone is 1. The van der Waals surface area contributed by atoms with Crippen LogP contribution in [0.2, 0.25) is 0 Å². The lowest BCUT2D eigenvalue weighted by atomic mass is 9.44. The molecule has 170 valence electrons. The first-order valence-electron chi connectivity index (χ1n) is 13.4. The van der Waals surface area contributed by atoms with Crippen LogP contribution in [0, 0.1) is 52.3 Å². The number of carbonyl (C=O) groups excluding carboxylic acids is 1. The van der Waals surface area contributed by atoms with Gasteiger partial charge in [0.2, 0.25) is 0 Å². The van der Waals surface area contributed by atoms with Crippen LogP contribution in [-0.2, 0) is 4.79 Å². The van der Waals surface area contributed by atoms with Crippen molar-refractivity contribution < 1.29 is 4.79 Å². The van der Waals surface area contributed by atoms with Crippen LogP contribution in [0.4, 0.5) is 0 Å². The molecule has 3 saturated carbocycles. The van der Waals surface area contributed by atoms with Crippen LogP contribution in [0.3, 0.4) is 0 Å². The van der Waals surface area contributed by atoms with E-state index in [0.717, 1.165) is 54.3 Å². The van der Waals surface area contributed by atoms with Gasteiger partial charge in [-0.2, -0.15) is 0 Å². The van der Waals surface area contributed by atoms with Crippen molar-refractivity contribution >= 4 is 5.78 Å². The molecule has 4 aliphatic rings. The standard InChI is InChI=1S/C29H48O/c1-7-21-17-22-18-23(30)13-15-28(22,5)26-14-16-29(6)24(11-12-25(29)27(21)26)20(4)10-8-9-19(2)3/h18-21,24-27H,7-17H2,1-6H3/t20-,21?,24-,25+,26+,27+,28+,29-/m1/s1. The molecule has 4 aliphatic carbocycles. The second kappa shape index (κ2) is 8.40. The van der Waals surface area contributed by atoms with Crippen LogP contribution in [0.5, 0.6) is 0 Å². The smallest absolute Gasteiger partial charge is 0.155 e. The monoisotopic (exact) mass is 412 g/mol. The third-order valence-corrected chi connectivity index (χ3v) is 10.9. The van der Waals surface area contributed by atoms with E-state index in [0.29, 0.717) is 16.6 Å². The molecular weight excluding hydrogens is 364 g/mol. The van der Waals surface area contributed by atoms with E-state index < -0.39 is 0 Å². The van der Waals surface area contributed by atoms with Gasteiger partial charge in [0.1, 0.15) is 0 Å². The van der Waals surface area contributed by atoms with Gasteiger partial charge < -0.3 is 0 Å². The molecule has 0 spiro atoms. The highest BCUT2D eigenvalue weighted by Gasteiger charge is 2.61. The number of hydrogen-bond acceptors (Lipinski definition) is 1. The fourth-order valence-corrected chi connectivity index (χ4v) is 9.15. The molecule has 0 amide bonds. The molecule has 0 bridgehead atoms. The van der Waals surface area contributed by atoms with Gasteiger partial charge in [-0.15, -0.1) is 0 Å². The Bertz CT molecular complexity index is 674. The third kappa shape index (κ3) is 3.65. The maximum Gasteiger partial charge on any atom is 0.155 e. The Kier molecular flexibility index (Phi) is 6.33. The molecule has 0 saturated heterocycles. The number of carbonyl (C=O) groups is 1. The molecule has 0 aromatic heterocycles. The fourth-order valence-electron chi connectivity index (χ4n) is 9.15. The highest BCUT2D eigenvalue weighted by atomic mass is 16.1. The predicted molar refractivity (Wildman–Crippen MR) is 127 cm³/mol. The molecule has 0 aliphatic heterocycles. The molecule has 30 heavy (non-hydrogen) atoms. The van der Waals surface area contributed by atoms with E-state index in [1.807, 2.05) is 0 Å². The summed E-state index contributed by atoms with van der Waals surface area (Å²) in [6, 6.07) is 0. The second-order valence-electron chi connectivity index (χ2n) is 12.7. The molecular formula is C29H48O. The van der Waals surface area contributed by atoms with Crippen molar-refractivity contribution in [2.24, 2.45) is 52.3 Å². The lowest BCUT2D eigenvalue weighted by Crippen LogP contribution is -2.53. The minimum Gasteiger partial charge on any atom is -0.295 e. The van der Waals surface area contributed by atoms with E-state index in [9.17, 15) is 4.79 Å². The Labute approximate surface area is 186 Å². The molecule has 0 N–H and O–H groups in total. The zero-order valence-electron chi connectivity index (χ0n) is 20.8. The van der Waals surface area contributed by atoms with Gasteiger partial charge in [-0.3, -0.25) is 4.79 Å². The SMILES string of the molecule is CCC1CC2=CC(=O)CC[C@]2(C)[C@H]2CC[C@]3(C)[C@@H]([C@H](C)CCCC(C)C)CC[C@H]3[C@H]12. The third-order valence-electron chi connectivity index (χ3n) is 10.9. The summed E-state index contributed by atoms with van der Waals surface area (Å²) in [4.78, 5) is 12.2. The summed E-state index contributed by atoms with van der Waals surface area (Å²) >= 11 is 0. The van der Waals surface area contributed by atoms with Crippen molar-refractivity contribution in [3.8, 4) is 0 Å². The zero-order chi connectivity index (χ0) is 21.7. The van der Waals surface area contributed by atoms with Gasteiger partial charge in [0.15, 0.2) is 5.78 Å². The first kappa shape index (κ1) is 22.6. The molecule has 1 nitrogen and oxygen atoms in total. The molecule has 0 heterocycles. The van der Waals surface area contributed by atoms with Crippen molar-refractivity contribution in [3.05, 3.63) is 11.6 Å². The summed E-state index contributed by atoms with van der Waals surface area (Å²) in [6.07, 6.45) is 16.5. The first-order valence-corrected chi connectivity index (χ1v) is 13.4. The number of rotatable bonds is 6. The van der Waals surface area contributed by atoms with Crippen LogP contribution in [0.1, 0.15) is 112 Å². The zero-order valence-corrected chi connectivity index (χ0v) is 20.8. The summed E-state index contributed by atoms with van der Waals surface area (Å²) in [5, 5.41) is 0. The summed E-state index contributed by atoms with van der Waals surface area (Å²) in [5.41, 5.74) is 2.41. The van der Waals surface area contributed by atoms with Crippen LogP contribution < -0.4 is 0 Å². The predicted octanol–water partition coefficient (Wildman–Crippen LogP) is 8.23. The average Bonchev–Trinajstić information content (AvgIpc) is 3.05. The van der Waals surface area contributed by atoms with Crippen molar-refractivity contribution in [2.75, 3.05) is 0 Å². The van der Waals surface area contributed by atoms with Gasteiger partial charge >= 0.3 is 0 Å². The fraction of sp³-hybridized carbons (Fsp3) is 0.897. The van der Waals surface area contributed by atoms with E-state index >= 15 is 0 Å². The van der Waals surface area contributed by atoms with Crippen molar-refractivity contribution in [1.29, 1.82) is 0 Å². The number of hydrogen-bond donors (Lipinski definition) is 0. The molecule has 1 heteroatoms. The molecule has 0 aromatic rings. The van der Waals surface area contributed by atoms with Gasteiger partial charge in [-0.05, 0) is 96.9 Å². The van der Waals surface area contributed by atoms with Gasteiger partial charge in [0.25, 0.3) is 0 Å². The van der Waals surface area contributed by atoms with Crippen LogP contribution in [0.25, 0.3) is 0 Å². The van der Waals surface area contributed by atoms with E-state index in [1.54, 1.807) is 0 Å². The second-order valence-corrected chi connectivity index (χ2v) is 12.7. The van der Waals surface area contributed by atoms with Crippen molar-refractivity contribution in [3.63, 3.8) is 0 Å².